The lowest BCUT2D eigenvalue weighted by atomic mass is 10.0. The van der Waals surface area contributed by atoms with E-state index in [1.54, 1.807) is 0 Å². The van der Waals surface area contributed by atoms with Crippen molar-refractivity contribution in [3.05, 3.63) is 64.2 Å². The fourth-order valence-corrected chi connectivity index (χ4v) is 4.28. The molecule has 4 rings (SSSR count). The highest BCUT2D eigenvalue weighted by Crippen LogP contribution is 2.27. The highest BCUT2D eigenvalue weighted by Gasteiger charge is 2.19. The Morgan fingerprint density at radius 3 is 2.61 bits per heavy atom. The molecule has 28 heavy (non-hydrogen) atoms. The van der Waals surface area contributed by atoms with E-state index >= 15 is 0 Å². The number of fused-ring (bicyclic) bond motifs is 1. The lowest BCUT2D eigenvalue weighted by Crippen LogP contribution is -2.35. The molecule has 0 spiro atoms. The minimum Gasteiger partial charge on any atom is -0.492 e. The summed E-state index contributed by atoms with van der Waals surface area (Å²) in [5.41, 5.74) is 6.72. The zero-order valence-electron chi connectivity index (χ0n) is 17.2. The Labute approximate surface area is 168 Å². The molecule has 4 heteroatoms. The Bertz CT molecular complexity index is 812. The first-order valence-corrected chi connectivity index (χ1v) is 10.5. The van der Waals surface area contributed by atoms with Gasteiger partial charge in [-0.05, 0) is 55.5 Å². The summed E-state index contributed by atoms with van der Waals surface area (Å²) >= 11 is 0. The molecule has 0 saturated carbocycles. The van der Waals surface area contributed by atoms with E-state index in [-0.39, 0.29) is 6.10 Å². The van der Waals surface area contributed by atoms with Crippen LogP contribution in [0.25, 0.3) is 0 Å². The number of aryl methyl sites for hydroxylation is 2. The Morgan fingerprint density at radius 1 is 0.964 bits per heavy atom. The summed E-state index contributed by atoms with van der Waals surface area (Å²) in [6, 6.07) is 13.4. The molecule has 1 N–H and O–H groups in total. The standard InChI is InChI=1S/C24H32N2O2/c1-18-3-4-19(2)21(13-18)16-26-11-12-28-24-6-5-20(14-22(24)17-26)15-25-9-7-23(27)8-10-25/h3-6,13-14,23,27H,7-12,15-17H2,1-2H3. The quantitative estimate of drug-likeness (QED) is 0.878. The van der Waals surface area contributed by atoms with Crippen LogP contribution in [0.2, 0.25) is 0 Å². The zero-order valence-corrected chi connectivity index (χ0v) is 17.2. The summed E-state index contributed by atoms with van der Waals surface area (Å²) in [4.78, 5) is 4.94. The monoisotopic (exact) mass is 380 g/mol. The number of hydrogen-bond acceptors (Lipinski definition) is 4. The summed E-state index contributed by atoms with van der Waals surface area (Å²) < 4.78 is 6.04. The molecule has 1 fully saturated rings. The average Bonchev–Trinajstić information content (AvgIpc) is 2.88. The summed E-state index contributed by atoms with van der Waals surface area (Å²) in [7, 11) is 0. The van der Waals surface area contributed by atoms with Crippen LogP contribution < -0.4 is 4.74 Å². The van der Waals surface area contributed by atoms with Crippen LogP contribution in [0.1, 0.15) is 40.7 Å². The van der Waals surface area contributed by atoms with Gasteiger partial charge >= 0.3 is 0 Å². The second-order valence-corrected chi connectivity index (χ2v) is 8.44. The number of rotatable bonds is 4. The van der Waals surface area contributed by atoms with Crippen molar-refractivity contribution in [2.75, 3.05) is 26.2 Å². The van der Waals surface area contributed by atoms with Crippen molar-refractivity contribution >= 4 is 0 Å². The van der Waals surface area contributed by atoms with E-state index in [0.717, 1.165) is 64.5 Å². The molecule has 0 unspecified atom stereocenters. The van der Waals surface area contributed by atoms with E-state index in [9.17, 15) is 5.11 Å². The van der Waals surface area contributed by atoms with Gasteiger partial charge in [0.2, 0.25) is 0 Å². The first kappa shape index (κ1) is 19.4. The molecule has 4 nitrogen and oxygen atoms in total. The Balaban J connectivity index is 1.46. The first-order chi connectivity index (χ1) is 13.6. The number of ether oxygens (including phenoxy) is 1. The normalized spacial score (nSPS) is 19.1. The van der Waals surface area contributed by atoms with Crippen LogP contribution in [0.5, 0.6) is 5.75 Å². The SMILES string of the molecule is Cc1ccc(C)c(CN2CCOc3ccc(CN4CCC(O)CC4)cc3C2)c1. The van der Waals surface area contributed by atoms with Crippen molar-refractivity contribution < 1.29 is 9.84 Å². The number of likely N-dealkylation sites (tertiary alicyclic amines) is 1. The number of aliphatic hydroxyl groups excluding tert-OH is 1. The molecule has 2 aliphatic heterocycles. The third-order valence-electron chi connectivity index (χ3n) is 6.05. The van der Waals surface area contributed by atoms with Gasteiger partial charge in [-0.3, -0.25) is 9.80 Å². The molecular weight excluding hydrogens is 348 g/mol. The van der Waals surface area contributed by atoms with E-state index in [4.69, 9.17) is 4.74 Å². The summed E-state index contributed by atoms with van der Waals surface area (Å²) in [6.45, 7) is 10.8. The van der Waals surface area contributed by atoms with Crippen molar-refractivity contribution in [1.82, 2.24) is 9.80 Å². The number of aliphatic hydroxyl groups is 1. The minimum atomic E-state index is -0.115. The maximum absolute atomic E-state index is 9.72. The Kier molecular flexibility index (Phi) is 6.00. The largest absolute Gasteiger partial charge is 0.492 e. The average molecular weight is 381 g/mol. The molecular formula is C24H32N2O2. The van der Waals surface area contributed by atoms with Crippen LogP contribution in [0.4, 0.5) is 0 Å². The van der Waals surface area contributed by atoms with E-state index in [0.29, 0.717) is 0 Å². The molecule has 0 radical (unpaired) electrons. The van der Waals surface area contributed by atoms with Crippen LogP contribution in [-0.2, 0) is 19.6 Å². The lowest BCUT2D eigenvalue weighted by molar-refractivity contribution is 0.0792. The van der Waals surface area contributed by atoms with Gasteiger partial charge in [-0.1, -0.05) is 29.8 Å². The van der Waals surface area contributed by atoms with Crippen LogP contribution in [0.15, 0.2) is 36.4 Å². The predicted molar refractivity (Wildman–Crippen MR) is 112 cm³/mol. The third kappa shape index (κ3) is 4.75. The van der Waals surface area contributed by atoms with Crippen LogP contribution in [-0.4, -0.2) is 47.3 Å². The van der Waals surface area contributed by atoms with Gasteiger partial charge in [-0.15, -0.1) is 0 Å². The molecule has 150 valence electrons. The lowest BCUT2D eigenvalue weighted by Gasteiger charge is -2.29. The topological polar surface area (TPSA) is 35.9 Å². The molecule has 2 aromatic rings. The fraction of sp³-hybridized carbons (Fsp3) is 0.500. The molecule has 0 atom stereocenters. The van der Waals surface area contributed by atoms with Gasteiger partial charge in [0.15, 0.2) is 0 Å². The van der Waals surface area contributed by atoms with Crippen molar-refractivity contribution in [3.63, 3.8) is 0 Å². The van der Waals surface area contributed by atoms with Crippen molar-refractivity contribution in [2.24, 2.45) is 0 Å². The van der Waals surface area contributed by atoms with Crippen molar-refractivity contribution in [3.8, 4) is 5.75 Å². The fourth-order valence-electron chi connectivity index (χ4n) is 4.28. The molecule has 0 aromatic heterocycles. The zero-order chi connectivity index (χ0) is 19.5. The second-order valence-electron chi connectivity index (χ2n) is 8.44. The van der Waals surface area contributed by atoms with Gasteiger partial charge in [0, 0.05) is 44.8 Å². The summed E-state index contributed by atoms with van der Waals surface area (Å²) in [5.74, 6) is 1.03. The van der Waals surface area contributed by atoms with Crippen molar-refractivity contribution in [2.45, 2.75) is 52.4 Å². The first-order valence-electron chi connectivity index (χ1n) is 10.5. The maximum Gasteiger partial charge on any atom is 0.123 e. The van der Waals surface area contributed by atoms with Gasteiger partial charge in [-0.2, -0.15) is 0 Å². The van der Waals surface area contributed by atoms with Gasteiger partial charge < -0.3 is 9.84 Å². The van der Waals surface area contributed by atoms with Gasteiger partial charge in [0.05, 0.1) is 6.10 Å². The predicted octanol–water partition coefficient (Wildman–Crippen LogP) is 3.65. The second kappa shape index (κ2) is 8.64. The number of piperidine rings is 1. The van der Waals surface area contributed by atoms with Crippen molar-refractivity contribution in [1.29, 1.82) is 0 Å². The van der Waals surface area contributed by atoms with E-state index in [1.807, 2.05) is 0 Å². The molecule has 0 bridgehead atoms. The van der Waals surface area contributed by atoms with Crippen LogP contribution in [0.3, 0.4) is 0 Å². The molecule has 1 saturated heterocycles. The highest BCUT2D eigenvalue weighted by molar-refractivity contribution is 5.38. The Hall–Kier alpha value is -1.88. The maximum atomic E-state index is 9.72. The number of nitrogens with zero attached hydrogens (tertiary/aromatic N) is 2. The van der Waals surface area contributed by atoms with E-state index < -0.39 is 0 Å². The van der Waals surface area contributed by atoms with Gasteiger partial charge in [-0.25, -0.2) is 0 Å². The van der Waals surface area contributed by atoms with E-state index in [2.05, 4.69) is 60.0 Å². The molecule has 0 aliphatic carbocycles. The minimum absolute atomic E-state index is 0.115. The summed E-state index contributed by atoms with van der Waals surface area (Å²) in [6.07, 6.45) is 1.66. The molecule has 2 heterocycles. The molecule has 2 aliphatic rings. The number of benzene rings is 2. The number of hydrogen-bond donors (Lipinski definition) is 1. The highest BCUT2D eigenvalue weighted by atomic mass is 16.5. The molecule has 0 amide bonds. The van der Waals surface area contributed by atoms with Crippen LogP contribution in [0, 0.1) is 13.8 Å². The van der Waals surface area contributed by atoms with Gasteiger partial charge in [0.25, 0.3) is 0 Å². The third-order valence-corrected chi connectivity index (χ3v) is 6.05. The summed E-state index contributed by atoms with van der Waals surface area (Å²) in [5, 5.41) is 9.72. The molecule has 2 aromatic carbocycles. The Morgan fingerprint density at radius 2 is 1.79 bits per heavy atom. The smallest absolute Gasteiger partial charge is 0.123 e. The van der Waals surface area contributed by atoms with Gasteiger partial charge in [0.1, 0.15) is 12.4 Å². The van der Waals surface area contributed by atoms with Crippen LogP contribution >= 0.6 is 0 Å². The van der Waals surface area contributed by atoms with E-state index in [1.165, 1.54) is 27.8 Å².